The molecule has 1 aliphatic heterocycles. The predicted octanol–water partition coefficient (Wildman–Crippen LogP) is 0.953. The Hall–Kier alpha value is -1.89. The highest BCUT2D eigenvalue weighted by Crippen LogP contribution is 2.17. The van der Waals surface area contributed by atoms with Crippen LogP contribution in [0.5, 0.6) is 0 Å². The Morgan fingerprint density at radius 3 is 2.90 bits per heavy atom. The number of halogens is 1. The van der Waals surface area contributed by atoms with Gasteiger partial charge < -0.3 is 15.0 Å². The van der Waals surface area contributed by atoms with Gasteiger partial charge in [0.05, 0.1) is 13.5 Å². The van der Waals surface area contributed by atoms with E-state index in [1.54, 1.807) is 18.2 Å². The van der Waals surface area contributed by atoms with Gasteiger partial charge in [-0.05, 0) is 18.2 Å². The van der Waals surface area contributed by atoms with Crippen molar-refractivity contribution < 1.29 is 19.1 Å². The van der Waals surface area contributed by atoms with Gasteiger partial charge in [0.25, 0.3) is 5.91 Å². The first kappa shape index (κ1) is 15.5. The second kappa shape index (κ2) is 6.71. The normalized spacial score (nSPS) is 18.1. The highest BCUT2D eigenvalue weighted by Gasteiger charge is 2.35. The smallest absolute Gasteiger partial charge is 0.308 e. The molecule has 1 atom stereocenters. The minimum Gasteiger partial charge on any atom is -0.469 e. The molecular formula is C14H15BrN2O4. The van der Waals surface area contributed by atoms with Crippen LogP contribution < -0.4 is 5.32 Å². The first-order valence-corrected chi connectivity index (χ1v) is 7.23. The van der Waals surface area contributed by atoms with E-state index in [1.807, 2.05) is 6.07 Å². The minimum atomic E-state index is -0.835. The van der Waals surface area contributed by atoms with Gasteiger partial charge in [-0.3, -0.25) is 14.4 Å². The number of rotatable bonds is 3. The van der Waals surface area contributed by atoms with Crippen LogP contribution in [0.4, 0.5) is 0 Å². The number of amides is 2. The van der Waals surface area contributed by atoms with E-state index in [0.29, 0.717) is 18.7 Å². The molecule has 112 valence electrons. The summed E-state index contributed by atoms with van der Waals surface area (Å²) in [5.74, 6) is -1.14. The summed E-state index contributed by atoms with van der Waals surface area (Å²) in [4.78, 5) is 37.3. The van der Waals surface area contributed by atoms with Gasteiger partial charge in [0, 0.05) is 23.1 Å². The number of carbonyl (C=O) groups excluding carboxylic acids is 3. The molecule has 6 nitrogen and oxygen atoms in total. The van der Waals surface area contributed by atoms with Gasteiger partial charge >= 0.3 is 5.97 Å². The van der Waals surface area contributed by atoms with E-state index in [9.17, 15) is 14.4 Å². The van der Waals surface area contributed by atoms with E-state index < -0.39 is 12.0 Å². The zero-order valence-electron chi connectivity index (χ0n) is 11.5. The largest absolute Gasteiger partial charge is 0.469 e. The number of ether oxygens (including phenoxy) is 1. The molecule has 7 heteroatoms. The molecule has 2 rings (SSSR count). The number of nitrogens with zero attached hydrogens (tertiary/aromatic N) is 1. The quantitative estimate of drug-likeness (QED) is 0.820. The molecule has 0 unspecified atom stereocenters. The van der Waals surface area contributed by atoms with Crippen LogP contribution in [-0.2, 0) is 14.3 Å². The van der Waals surface area contributed by atoms with Crippen molar-refractivity contribution in [3.05, 3.63) is 34.3 Å². The van der Waals surface area contributed by atoms with Crippen LogP contribution in [0.3, 0.4) is 0 Å². The molecule has 0 radical (unpaired) electrons. The Bertz CT molecular complexity index is 576. The van der Waals surface area contributed by atoms with Crippen LogP contribution >= 0.6 is 15.9 Å². The van der Waals surface area contributed by atoms with Crippen LogP contribution in [0.2, 0.25) is 0 Å². The van der Waals surface area contributed by atoms with Crippen molar-refractivity contribution in [1.82, 2.24) is 10.2 Å². The number of carbonyl (C=O) groups is 3. The topological polar surface area (TPSA) is 75.7 Å². The molecule has 1 aromatic carbocycles. The summed E-state index contributed by atoms with van der Waals surface area (Å²) in [6, 6.07) is 6.08. The summed E-state index contributed by atoms with van der Waals surface area (Å²) in [5, 5.41) is 2.66. The summed E-state index contributed by atoms with van der Waals surface area (Å²) in [5.41, 5.74) is 0.467. The van der Waals surface area contributed by atoms with Crippen molar-refractivity contribution in [2.75, 3.05) is 20.2 Å². The first-order valence-electron chi connectivity index (χ1n) is 6.44. The lowest BCUT2D eigenvalue weighted by molar-refractivity contribution is -0.145. The van der Waals surface area contributed by atoms with E-state index in [-0.39, 0.29) is 18.2 Å². The molecule has 1 N–H and O–H groups in total. The van der Waals surface area contributed by atoms with Crippen LogP contribution in [0.25, 0.3) is 0 Å². The minimum absolute atomic E-state index is 0.151. The van der Waals surface area contributed by atoms with Gasteiger partial charge in [-0.25, -0.2) is 0 Å². The van der Waals surface area contributed by atoms with E-state index in [4.69, 9.17) is 0 Å². The van der Waals surface area contributed by atoms with Crippen molar-refractivity contribution in [2.45, 2.75) is 12.5 Å². The Labute approximate surface area is 130 Å². The summed E-state index contributed by atoms with van der Waals surface area (Å²) in [6.45, 7) is 0.731. The molecule has 1 saturated heterocycles. The molecule has 0 aromatic heterocycles. The third kappa shape index (κ3) is 3.60. The third-order valence-corrected chi connectivity index (χ3v) is 3.74. The molecule has 0 spiro atoms. The Balaban J connectivity index is 2.23. The zero-order chi connectivity index (χ0) is 15.4. The lowest BCUT2D eigenvalue weighted by Gasteiger charge is -2.34. The van der Waals surface area contributed by atoms with Crippen LogP contribution in [0.15, 0.2) is 28.7 Å². The monoisotopic (exact) mass is 354 g/mol. The van der Waals surface area contributed by atoms with E-state index >= 15 is 0 Å². The zero-order valence-corrected chi connectivity index (χ0v) is 13.1. The van der Waals surface area contributed by atoms with E-state index in [0.717, 1.165) is 4.47 Å². The predicted molar refractivity (Wildman–Crippen MR) is 78.6 cm³/mol. The van der Waals surface area contributed by atoms with Crippen LogP contribution in [0, 0.1) is 0 Å². The molecule has 0 aliphatic carbocycles. The second-order valence-corrected chi connectivity index (χ2v) is 5.51. The van der Waals surface area contributed by atoms with Crippen molar-refractivity contribution in [2.24, 2.45) is 0 Å². The van der Waals surface area contributed by atoms with Gasteiger partial charge in [0.1, 0.15) is 6.04 Å². The lowest BCUT2D eigenvalue weighted by atomic mass is 10.1. The first-order chi connectivity index (χ1) is 10.0. The molecule has 0 bridgehead atoms. The Kier molecular flexibility index (Phi) is 4.95. The maximum absolute atomic E-state index is 12.6. The molecule has 1 heterocycles. The second-order valence-electron chi connectivity index (χ2n) is 4.60. The Morgan fingerprint density at radius 2 is 2.24 bits per heavy atom. The molecule has 1 aromatic rings. The number of methoxy groups -OCH3 is 1. The van der Waals surface area contributed by atoms with Crippen molar-refractivity contribution in [3.8, 4) is 0 Å². The lowest BCUT2D eigenvalue weighted by Crippen LogP contribution is -2.57. The molecule has 21 heavy (non-hydrogen) atoms. The van der Waals surface area contributed by atoms with Crippen molar-refractivity contribution in [3.63, 3.8) is 0 Å². The number of hydrogen-bond donors (Lipinski definition) is 1. The number of piperazine rings is 1. The molecular weight excluding hydrogens is 340 g/mol. The SMILES string of the molecule is COC(=O)C[C@H]1C(=O)NCCN1C(=O)c1cccc(Br)c1. The number of hydrogen-bond acceptors (Lipinski definition) is 4. The summed E-state index contributed by atoms with van der Waals surface area (Å²) in [7, 11) is 1.25. The summed E-state index contributed by atoms with van der Waals surface area (Å²) >= 11 is 3.31. The number of nitrogens with one attached hydrogen (secondary N) is 1. The summed E-state index contributed by atoms with van der Waals surface area (Å²) < 4.78 is 5.37. The van der Waals surface area contributed by atoms with Gasteiger partial charge in [-0.15, -0.1) is 0 Å². The van der Waals surface area contributed by atoms with Crippen LogP contribution in [0.1, 0.15) is 16.8 Å². The van der Waals surface area contributed by atoms with Gasteiger partial charge in [-0.1, -0.05) is 22.0 Å². The van der Waals surface area contributed by atoms with Crippen molar-refractivity contribution in [1.29, 1.82) is 0 Å². The molecule has 0 saturated carbocycles. The third-order valence-electron chi connectivity index (χ3n) is 3.25. The average Bonchev–Trinajstić information content (AvgIpc) is 2.48. The maximum Gasteiger partial charge on any atom is 0.308 e. The van der Waals surface area contributed by atoms with E-state index in [1.165, 1.54) is 12.0 Å². The van der Waals surface area contributed by atoms with Gasteiger partial charge in [0.2, 0.25) is 5.91 Å². The highest BCUT2D eigenvalue weighted by molar-refractivity contribution is 9.10. The standard InChI is InChI=1S/C14H15BrN2O4/c1-21-12(18)8-11-13(19)16-5-6-17(11)14(20)9-3-2-4-10(15)7-9/h2-4,7,11H,5-6,8H2,1H3,(H,16,19)/t11-/m0/s1. The van der Waals surface area contributed by atoms with Gasteiger partial charge in [0.15, 0.2) is 0 Å². The Morgan fingerprint density at radius 1 is 1.48 bits per heavy atom. The fourth-order valence-electron chi connectivity index (χ4n) is 2.19. The fourth-order valence-corrected chi connectivity index (χ4v) is 2.59. The summed E-state index contributed by atoms with van der Waals surface area (Å²) in [6.07, 6.45) is -0.151. The maximum atomic E-state index is 12.6. The average molecular weight is 355 g/mol. The molecule has 1 aliphatic rings. The van der Waals surface area contributed by atoms with Gasteiger partial charge in [-0.2, -0.15) is 0 Å². The molecule has 1 fully saturated rings. The van der Waals surface area contributed by atoms with Crippen LogP contribution in [-0.4, -0.2) is 48.9 Å². The fraction of sp³-hybridized carbons (Fsp3) is 0.357. The van der Waals surface area contributed by atoms with Crippen molar-refractivity contribution >= 4 is 33.7 Å². The van der Waals surface area contributed by atoms with E-state index in [2.05, 4.69) is 26.0 Å². The number of esters is 1. The number of benzene rings is 1. The highest BCUT2D eigenvalue weighted by atomic mass is 79.9. The molecule has 2 amide bonds.